The fourth-order valence-corrected chi connectivity index (χ4v) is 6.54. The van der Waals surface area contributed by atoms with Crippen molar-refractivity contribution >= 4 is 21.6 Å². The van der Waals surface area contributed by atoms with Gasteiger partial charge in [-0.05, 0) is 37.1 Å². The van der Waals surface area contributed by atoms with Crippen molar-refractivity contribution in [3.8, 4) is 0 Å². The van der Waals surface area contributed by atoms with E-state index in [0.717, 1.165) is 18.5 Å². The first-order chi connectivity index (χ1) is 14.9. The summed E-state index contributed by atoms with van der Waals surface area (Å²) in [5.74, 6) is 0.712. The summed E-state index contributed by atoms with van der Waals surface area (Å²) >= 11 is 0. The summed E-state index contributed by atoms with van der Waals surface area (Å²) in [5, 5.41) is 0. The first-order valence-electron chi connectivity index (χ1n) is 10.6. The maximum absolute atomic E-state index is 15.6. The van der Waals surface area contributed by atoms with E-state index in [1.54, 1.807) is 30.3 Å². The van der Waals surface area contributed by atoms with Crippen LogP contribution in [0.3, 0.4) is 0 Å². The number of nitrogens with zero attached hydrogens (tertiary/aromatic N) is 3. The molecule has 7 nitrogen and oxygen atoms in total. The summed E-state index contributed by atoms with van der Waals surface area (Å²) < 4.78 is 49.0. The normalized spacial score (nSPS) is 26.9. The Balaban J connectivity index is 1.40. The molecule has 0 bridgehead atoms. The Morgan fingerprint density at radius 2 is 1.90 bits per heavy atom. The lowest BCUT2D eigenvalue weighted by Crippen LogP contribution is -2.62. The van der Waals surface area contributed by atoms with Crippen molar-refractivity contribution in [3.05, 3.63) is 53.7 Å². The van der Waals surface area contributed by atoms with Gasteiger partial charge in [-0.25, -0.2) is 17.8 Å². The van der Waals surface area contributed by atoms with Gasteiger partial charge in [0, 0.05) is 31.5 Å². The van der Waals surface area contributed by atoms with Crippen LogP contribution in [0.15, 0.2) is 47.4 Å². The van der Waals surface area contributed by atoms with Gasteiger partial charge in [-0.2, -0.15) is 4.31 Å². The predicted octanol–water partition coefficient (Wildman–Crippen LogP) is 2.57. The third-order valence-corrected chi connectivity index (χ3v) is 8.35. The molecule has 1 spiro atoms. The van der Waals surface area contributed by atoms with Crippen molar-refractivity contribution in [2.75, 3.05) is 31.1 Å². The Labute approximate surface area is 180 Å². The molecule has 5 rings (SSSR count). The number of ketones is 1. The number of pyridine rings is 1. The molecule has 0 amide bonds. The van der Waals surface area contributed by atoms with E-state index in [0.29, 0.717) is 24.3 Å². The Morgan fingerprint density at radius 1 is 1.10 bits per heavy atom. The molecule has 31 heavy (non-hydrogen) atoms. The lowest BCUT2D eigenvalue weighted by Gasteiger charge is -2.45. The van der Waals surface area contributed by atoms with Crippen molar-refractivity contribution in [1.82, 2.24) is 9.29 Å². The van der Waals surface area contributed by atoms with Crippen LogP contribution in [-0.2, 0) is 21.2 Å². The molecule has 0 saturated carbocycles. The van der Waals surface area contributed by atoms with Gasteiger partial charge in [0.05, 0.1) is 23.7 Å². The van der Waals surface area contributed by atoms with Crippen LogP contribution in [0, 0.1) is 0 Å². The van der Waals surface area contributed by atoms with Gasteiger partial charge in [-0.1, -0.05) is 18.2 Å². The molecule has 164 valence electrons. The number of aryl methyl sites for hydroxylation is 1. The third kappa shape index (κ3) is 3.35. The highest BCUT2D eigenvalue weighted by Crippen LogP contribution is 2.40. The first-order valence-corrected chi connectivity index (χ1v) is 12.0. The quantitative estimate of drug-likeness (QED) is 0.723. The van der Waals surface area contributed by atoms with Crippen LogP contribution in [0.4, 0.5) is 10.2 Å². The maximum atomic E-state index is 15.6. The second-order valence-corrected chi connectivity index (χ2v) is 10.0. The Kier molecular flexibility index (Phi) is 5.07. The van der Waals surface area contributed by atoms with E-state index >= 15 is 4.39 Å². The van der Waals surface area contributed by atoms with Crippen LogP contribution < -0.4 is 4.90 Å². The zero-order valence-corrected chi connectivity index (χ0v) is 17.9. The van der Waals surface area contributed by atoms with Crippen LogP contribution in [0.2, 0.25) is 0 Å². The predicted molar refractivity (Wildman–Crippen MR) is 112 cm³/mol. The molecule has 3 aliphatic rings. The molecule has 2 atom stereocenters. The minimum Gasteiger partial charge on any atom is -0.355 e. The zero-order chi connectivity index (χ0) is 21.6. The number of rotatable bonds is 3. The number of Topliss-reactive ketones (excluding diaryl/α,β-unsaturated/α-hetero) is 1. The molecular formula is C22H24FN3O4S. The fourth-order valence-electron chi connectivity index (χ4n) is 4.80. The zero-order valence-electron chi connectivity index (χ0n) is 17.0. The van der Waals surface area contributed by atoms with E-state index in [1.165, 1.54) is 16.4 Å². The van der Waals surface area contributed by atoms with Gasteiger partial charge in [0.2, 0.25) is 10.0 Å². The number of alkyl halides is 1. The molecular weight excluding hydrogens is 421 g/mol. The van der Waals surface area contributed by atoms with E-state index in [9.17, 15) is 13.2 Å². The van der Waals surface area contributed by atoms with Crippen LogP contribution in [0.25, 0.3) is 0 Å². The SMILES string of the molecule is O=C1CCCc2nc(N3CCC4(OCCN4S(=O)(=O)c4ccccc4)C(F)C3)ccc21. The van der Waals surface area contributed by atoms with E-state index in [-0.39, 0.29) is 36.8 Å². The monoisotopic (exact) mass is 445 g/mol. The molecule has 0 radical (unpaired) electrons. The fraction of sp³-hybridized carbons (Fsp3) is 0.455. The van der Waals surface area contributed by atoms with Gasteiger partial charge in [-0.15, -0.1) is 0 Å². The number of hydrogen-bond acceptors (Lipinski definition) is 6. The van der Waals surface area contributed by atoms with Crippen molar-refractivity contribution in [2.24, 2.45) is 0 Å². The topological polar surface area (TPSA) is 79.8 Å². The molecule has 1 aromatic heterocycles. The largest absolute Gasteiger partial charge is 0.355 e. The molecule has 2 aliphatic heterocycles. The number of sulfonamides is 1. The average Bonchev–Trinajstić information content (AvgIpc) is 3.22. The second-order valence-electron chi connectivity index (χ2n) is 8.19. The number of benzene rings is 1. The van der Waals surface area contributed by atoms with Crippen molar-refractivity contribution < 1.29 is 22.3 Å². The van der Waals surface area contributed by atoms with Crippen molar-refractivity contribution in [3.63, 3.8) is 0 Å². The Hall–Kier alpha value is -2.36. The lowest BCUT2D eigenvalue weighted by molar-refractivity contribution is -0.116. The number of fused-ring (bicyclic) bond motifs is 1. The Morgan fingerprint density at radius 3 is 2.68 bits per heavy atom. The van der Waals surface area contributed by atoms with E-state index < -0.39 is 21.9 Å². The van der Waals surface area contributed by atoms with Gasteiger partial charge >= 0.3 is 0 Å². The van der Waals surface area contributed by atoms with Gasteiger partial charge in [-0.3, -0.25) is 4.79 Å². The Bertz CT molecular complexity index is 1110. The van der Waals surface area contributed by atoms with Crippen LogP contribution in [-0.4, -0.2) is 61.6 Å². The molecule has 0 N–H and O–H groups in total. The molecule has 2 fully saturated rings. The van der Waals surface area contributed by atoms with Crippen molar-refractivity contribution in [2.45, 2.75) is 42.5 Å². The maximum Gasteiger partial charge on any atom is 0.245 e. The van der Waals surface area contributed by atoms with Gasteiger partial charge < -0.3 is 9.64 Å². The molecule has 9 heteroatoms. The van der Waals surface area contributed by atoms with Gasteiger partial charge in [0.25, 0.3) is 0 Å². The van der Waals surface area contributed by atoms with Crippen LogP contribution in [0.1, 0.15) is 35.3 Å². The lowest BCUT2D eigenvalue weighted by atomic mass is 9.94. The minimum absolute atomic E-state index is 0.0272. The molecule has 2 saturated heterocycles. The highest BCUT2D eigenvalue weighted by atomic mass is 32.2. The molecule has 1 aliphatic carbocycles. The highest BCUT2D eigenvalue weighted by molar-refractivity contribution is 7.89. The molecule has 2 unspecified atom stereocenters. The number of ether oxygens (including phenoxy) is 1. The number of piperidine rings is 1. The van der Waals surface area contributed by atoms with Gasteiger partial charge in [0.1, 0.15) is 5.82 Å². The summed E-state index contributed by atoms with van der Waals surface area (Å²) in [6, 6.07) is 11.6. The number of hydrogen-bond donors (Lipinski definition) is 0. The summed E-state index contributed by atoms with van der Waals surface area (Å²) in [5.41, 5.74) is -0.0932. The third-order valence-electron chi connectivity index (χ3n) is 6.41. The average molecular weight is 446 g/mol. The number of halogens is 1. The second kappa shape index (κ2) is 7.65. The van der Waals surface area contributed by atoms with E-state index in [2.05, 4.69) is 4.98 Å². The van der Waals surface area contributed by atoms with Crippen LogP contribution >= 0.6 is 0 Å². The van der Waals surface area contributed by atoms with E-state index in [1.807, 2.05) is 4.90 Å². The summed E-state index contributed by atoms with van der Waals surface area (Å²) in [7, 11) is -3.88. The minimum atomic E-state index is -3.88. The van der Waals surface area contributed by atoms with E-state index in [4.69, 9.17) is 4.74 Å². The smallest absolute Gasteiger partial charge is 0.245 e. The molecule has 2 aromatic rings. The molecule has 3 heterocycles. The number of aromatic nitrogens is 1. The standard InChI is InChI=1S/C22H24FN3O4S/c23-20-15-25(21-10-9-17-18(24-21)7-4-8-19(17)27)12-11-22(20)26(13-14-30-22)31(28,29)16-5-2-1-3-6-16/h1-3,5-6,9-10,20H,4,7-8,11-15H2. The number of carbonyl (C=O) groups is 1. The number of carbonyl (C=O) groups excluding carboxylic acids is 1. The first kappa shape index (κ1) is 20.5. The summed E-state index contributed by atoms with van der Waals surface area (Å²) in [4.78, 5) is 18.6. The van der Waals surface area contributed by atoms with Crippen molar-refractivity contribution in [1.29, 1.82) is 0 Å². The number of anilines is 1. The van der Waals surface area contributed by atoms with Crippen LogP contribution in [0.5, 0.6) is 0 Å². The summed E-state index contributed by atoms with van der Waals surface area (Å²) in [6.45, 7) is 0.657. The van der Waals surface area contributed by atoms with Gasteiger partial charge in [0.15, 0.2) is 17.7 Å². The summed E-state index contributed by atoms with van der Waals surface area (Å²) in [6.07, 6.45) is 0.699. The highest BCUT2D eigenvalue weighted by Gasteiger charge is 2.57. The molecule has 1 aromatic carbocycles.